The third kappa shape index (κ3) is 2.61. The van der Waals surface area contributed by atoms with Crippen LogP contribution in [0.3, 0.4) is 0 Å². The summed E-state index contributed by atoms with van der Waals surface area (Å²) in [5.74, 6) is 1.49. The molecule has 0 aromatic carbocycles. The molecule has 76 valence electrons. The van der Waals surface area contributed by atoms with Gasteiger partial charge in [-0.2, -0.15) is 11.8 Å². The molecule has 0 unspecified atom stereocenters. The van der Waals surface area contributed by atoms with Crippen LogP contribution in [0.15, 0.2) is 0 Å². The topological polar surface area (TPSA) is 40.5 Å². The van der Waals surface area contributed by atoms with Crippen LogP contribution in [0.2, 0.25) is 0 Å². The molecule has 0 bridgehead atoms. The fourth-order valence-corrected chi connectivity index (χ4v) is 2.33. The second-order valence-corrected chi connectivity index (χ2v) is 5.04. The minimum atomic E-state index is -0.723. The van der Waals surface area contributed by atoms with Crippen molar-refractivity contribution < 1.29 is 9.90 Å². The lowest BCUT2D eigenvalue weighted by molar-refractivity contribution is -0.149. The summed E-state index contributed by atoms with van der Waals surface area (Å²) >= 11 is 1.91. The van der Waals surface area contributed by atoms with Crippen LogP contribution in [-0.2, 0) is 4.79 Å². The fraction of sp³-hybridized carbons (Fsp3) is 0.889. The van der Waals surface area contributed by atoms with Gasteiger partial charge in [0.1, 0.15) is 5.54 Å². The summed E-state index contributed by atoms with van der Waals surface area (Å²) in [5, 5.41) is 9.04. The van der Waals surface area contributed by atoms with E-state index in [1.807, 2.05) is 11.8 Å². The van der Waals surface area contributed by atoms with E-state index in [-0.39, 0.29) is 0 Å². The smallest absolute Gasteiger partial charge is 0.323 e. The number of carbonyl (C=O) groups is 1. The van der Waals surface area contributed by atoms with Gasteiger partial charge in [-0.1, -0.05) is 0 Å². The Balaban J connectivity index is 2.62. The maximum atomic E-state index is 11.0. The second kappa shape index (κ2) is 4.33. The van der Waals surface area contributed by atoms with Crippen LogP contribution in [0.5, 0.6) is 0 Å². The van der Waals surface area contributed by atoms with Crippen LogP contribution in [0.1, 0.15) is 20.3 Å². The van der Waals surface area contributed by atoms with Crippen molar-refractivity contribution in [3.8, 4) is 0 Å². The van der Waals surface area contributed by atoms with Crippen molar-refractivity contribution in [2.45, 2.75) is 25.8 Å². The van der Waals surface area contributed by atoms with E-state index >= 15 is 0 Å². The molecule has 0 amide bonds. The van der Waals surface area contributed by atoms with Gasteiger partial charge in [0.2, 0.25) is 0 Å². The van der Waals surface area contributed by atoms with Crippen molar-refractivity contribution in [1.82, 2.24) is 4.90 Å². The van der Waals surface area contributed by atoms with Crippen molar-refractivity contribution in [2.75, 3.05) is 24.6 Å². The first-order chi connectivity index (χ1) is 6.05. The first-order valence-electron chi connectivity index (χ1n) is 4.61. The Bertz CT molecular complexity index is 186. The van der Waals surface area contributed by atoms with Gasteiger partial charge in [0, 0.05) is 18.8 Å². The molecule has 1 rings (SSSR count). The Labute approximate surface area is 83.5 Å². The van der Waals surface area contributed by atoms with E-state index < -0.39 is 11.5 Å². The quantitative estimate of drug-likeness (QED) is 0.734. The standard InChI is InChI=1S/C9H17NO2S/c1-9(2,8(11)12)10-4-3-6-13-7-5-10/h3-7H2,1-2H3,(H,11,12). The highest BCUT2D eigenvalue weighted by Crippen LogP contribution is 2.19. The molecule has 0 aliphatic carbocycles. The minimum Gasteiger partial charge on any atom is -0.480 e. The SMILES string of the molecule is CC(C)(C(=O)O)N1CCCSCC1. The fourth-order valence-electron chi connectivity index (χ4n) is 1.44. The van der Waals surface area contributed by atoms with Crippen LogP contribution in [-0.4, -0.2) is 46.1 Å². The Kier molecular flexibility index (Phi) is 3.62. The molecule has 1 fully saturated rings. The molecule has 1 N–H and O–H groups in total. The molecular weight excluding hydrogens is 186 g/mol. The molecule has 1 aliphatic heterocycles. The largest absolute Gasteiger partial charge is 0.480 e. The molecule has 0 atom stereocenters. The van der Waals surface area contributed by atoms with Gasteiger partial charge in [-0.3, -0.25) is 9.69 Å². The number of hydrogen-bond acceptors (Lipinski definition) is 3. The molecule has 0 spiro atoms. The van der Waals surface area contributed by atoms with Gasteiger partial charge >= 0.3 is 5.97 Å². The van der Waals surface area contributed by atoms with E-state index in [1.165, 1.54) is 0 Å². The number of nitrogens with zero attached hydrogens (tertiary/aromatic N) is 1. The minimum absolute atomic E-state index is 0.703. The summed E-state index contributed by atoms with van der Waals surface area (Å²) in [6.07, 6.45) is 1.10. The molecule has 0 radical (unpaired) electrons. The molecule has 3 nitrogen and oxygen atoms in total. The number of hydrogen-bond donors (Lipinski definition) is 1. The maximum absolute atomic E-state index is 11.0. The Hall–Kier alpha value is -0.220. The first kappa shape index (κ1) is 10.9. The summed E-state index contributed by atoms with van der Waals surface area (Å²) in [7, 11) is 0. The number of carboxylic acid groups (broad SMARTS) is 1. The van der Waals surface area contributed by atoms with Gasteiger partial charge in [0.05, 0.1) is 0 Å². The van der Waals surface area contributed by atoms with E-state index in [9.17, 15) is 4.79 Å². The van der Waals surface area contributed by atoms with Crippen LogP contribution in [0.25, 0.3) is 0 Å². The third-order valence-electron chi connectivity index (χ3n) is 2.54. The molecule has 1 aliphatic rings. The first-order valence-corrected chi connectivity index (χ1v) is 5.77. The van der Waals surface area contributed by atoms with Crippen molar-refractivity contribution in [3.05, 3.63) is 0 Å². The lowest BCUT2D eigenvalue weighted by Crippen LogP contribution is -2.50. The van der Waals surface area contributed by atoms with E-state index in [2.05, 4.69) is 4.90 Å². The Morgan fingerprint density at radius 2 is 2.08 bits per heavy atom. The van der Waals surface area contributed by atoms with Crippen LogP contribution in [0.4, 0.5) is 0 Å². The zero-order valence-corrected chi connectivity index (χ0v) is 9.06. The summed E-state index contributed by atoms with van der Waals surface area (Å²) in [6.45, 7) is 5.37. The zero-order valence-electron chi connectivity index (χ0n) is 8.25. The predicted molar refractivity (Wildman–Crippen MR) is 55.2 cm³/mol. The summed E-state index contributed by atoms with van der Waals surface area (Å²) in [6, 6.07) is 0. The highest BCUT2D eigenvalue weighted by atomic mass is 32.2. The molecule has 0 aromatic rings. The number of thioether (sulfide) groups is 1. The van der Waals surface area contributed by atoms with Gasteiger partial charge in [-0.25, -0.2) is 0 Å². The van der Waals surface area contributed by atoms with Gasteiger partial charge < -0.3 is 5.11 Å². The highest BCUT2D eigenvalue weighted by Gasteiger charge is 2.34. The lowest BCUT2D eigenvalue weighted by Gasteiger charge is -2.33. The highest BCUT2D eigenvalue weighted by molar-refractivity contribution is 7.99. The number of rotatable bonds is 2. The molecule has 13 heavy (non-hydrogen) atoms. The van der Waals surface area contributed by atoms with Crippen molar-refractivity contribution in [3.63, 3.8) is 0 Å². The van der Waals surface area contributed by atoms with E-state index in [4.69, 9.17) is 5.11 Å². The van der Waals surface area contributed by atoms with Crippen molar-refractivity contribution in [2.24, 2.45) is 0 Å². The average molecular weight is 203 g/mol. The monoisotopic (exact) mass is 203 g/mol. The zero-order chi connectivity index (χ0) is 9.90. The Morgan fingerprint density at radius 1 is 1.38 bits per heavy atom. The van der Waals surface area contributed by atoms with E-state index in [1.54, 1.807) is 13.8 Å². The van der Waals surface area contributed by atoms with Gasteiger partial charge in [-0.05, 0) is 26.0 Å². The number of carboxylic acids is 1. The summed E-state index contributed by atoms with van der Waals surface area (Å²) in [4.78, 5) is 13.0. The molecule has 1 heterocycles. The van der Waals surface area contributed by atoms with Crippen molar-refractivity contribution >= 4 is 17.7 Å². The van der Waals surface area contributed by atoms with Gasteiger partial charge in [0.25, 0.3) is 0 Å². The van der Waals surface area contributed by atoms with Crippen molar-refractivity contribution in [1.29, 1.82) is 0 Å². The van der Waals surface area contributed by atoms with Gasteiger partial charge in [0.15, 0.2) is 0 Å². The second-order valence-electron chi connectivity index (χ2n) is 3.82. The molecule has 0 aromatic heterocycles. The van der Waals surface area contributed by atoms with E-state index in [0.717, 1.165) is 31.0 Å². The van der Waals surface area contributed by atoms with Crippen LogP contribution >= 0.6 is 11.8 Å². The lowest BCUT2D eigenvalue weighted by atomic mass is 10.0. The Morgan fingerprint density at radius 3 is 2.69 bits per heavy atom. The maximum Gasteiger partial charge on any atom is 0.323 e. The molecule has 1 saturated heterocycles. The summed E-state index contributed by atoms with van der Waals surface area (Å²) in [5.41, 5.74) is -0.703. The van der Waals surface area contributed by atoms with Gasteiger partial charge in [-0.15, -0.1) is 0 Å². The third-order valence-corrected chi connectivity index (χ3v) is 3.58. The number of aliphatic carboxylic acids is 1. The normalized spacial score (nSPS) is 21.1. The van der Waals surface area contributed by atoms with Crippen LogP contribution in [0, 0.1) is 0 Å². The van der Waals surface area contributed by atoms with Crippen LogP contribution < -0.4 is 0 Å². The summed E-state index contributed by atoms with van der Waals surface area (Å²) < 4.78 is 0. The predicted octanol–water partition coefficient (Wildman–Crippen LogP) is 1.29. The van der Waals surface area contributed by atoms with E-state index in [0.29, 0.717) is 0 Å². The molecule has 4 heteroatoms. The molecule has 0 saturated carbocycles. The average Bonchev–Trinajstić information content (AvgIpc) is 2.31. The molecular formula is C9H17NO2S.